The number of nitrogens with one attached hydrogen (secondary N) is 1. The second-order valence-electron chi connectivity index (χ2n) is 8.12. The Morgan fingerprint density at radius 3 is 2.46 bits per heavy atom. The number of fused-ring (bicyclic) bond motifs is 1. The van der Waals surface area contributed by atoms with Crippen LogP contribution in [0.3, 0.4) is 0 Å². The number of para-hydroxylation sites is 1. The number of benzene rings is 3. The number of carbonyl (C=O) groups is 2. The van der Waals surface area contributed by atoms with Crippen LogP contribution < -0.4 is 10.2 Å². The van der Waals surface area contributed by atoms with Crippen molar-refractivity contribution in [1.82, 2.24) is 15.0 Å². The molecule has 4 aromatic rings. The van der Waals surface area contributed by atoms with Crippen LogP contribution in [-0.2, 0) is 11.3 Å². The Bertz CT molecular complexity index is 1560. The Morgan fingerprint density at radius 1 is 1.05 bits per heavy atom. The average molecular weight is 569 g/mol. The number of ether oxygens (including phenoxy) is 1. The quantitative estimate of drug-likeness (QED) is 0.211. The highest BCUT2D eigenvalue weighted by Gasteiger charge is 2.34. The largest absolute Gasteiger partial charge is 0.497 e. The molecule has 0 unspecified atom stereocenters. The molecule has 1 aromatic heterocycles. The molecule has 0 bridgehead atoms. The number of thiocarbonyl (C=S) groups is 1. The predicted octanol–water partition coefficient (Wildman–Crippen LogP) is 6.55. The summed E-state index contributed by atoms with van der Waals surface area (Å²) < 4.78 is 7.40. The van der Waals surface area contributed by atoms with Gasteiger partial charge in [-0.1, -0.05) is 59.2 Å². The molecule has 1 saturated heterocycles. The van der Waals surface area contributed by atoms with Crippen LogP contribution in [-0.4, -0.2) is 32.8 Å². The van der Waals surface area contributed by atoms with E-state index in [2.05, 4.69) is 5.43 Å². The van der Waals surface area contributed by atoms with Gasteiger partial charge in [0.2, 0.25) is 0 Å². The summed E-state index contributed by atoms with van der Waals surface area (Å²) >= 11 is 19.3. The van der Waals surface area contributed by atoms with Crippen molar-refractivity contribution in [3.8, 4) is 5.75 Å². The fraction of sp³-hybridized carbons (Fsp3) is 0.0741. The van der Waals surface area contributed by atoms with E-state index in [4.69, 9.17) is 40.2 Å². The standard InChI is InChI=1S/C27H19Cl2N3O3S2/c1-35-18-11-9-16(10-12-18)25(33)30-32-26(34)24(37-27(32)36)13-17-14-31(23-8-3-2-5-19(17)23)15-20-21(28)6-4-7-22(20)29/h2-14H,15H2,1H3,(H,30,33)/b24-13-. The summed E-state index contributed by atoms with van der Waals surface area (Å²) in [7, 11) is 1.55. The lowest BCUT2D eigenvalue weighted by Crippen LogP contribution is -2.44. The first-order valence-corrected chi connectivity index (χ1v) is 13.1. The molecule has 3 aromatic carbocycles. The first-order chi connectivity index (χ1) is 17.9. The Balaban J connectivity index is 1.42. The van der Waals surface area contributed by atoms with Gasteiger partial charge in [0.25, 0.3) is 11.8 Å². The molecule has 37 heavy (non-hydrogen) atoms. The number of hydrazine groups is 1. The summed E-state index contributed by atoms with van der Waals surface area (Å²) in [5.74, 6) is -0.225. The number of aromatic nitrogens is 1. The zero-order valence-electron chi connectivity index (χ0n) is 19.4. The maximum atomic E-state index is 13.2. The third-order valence-electron chi connectivity index (χ3n) is 5.86. The summed E-state index contributed by atoms with van der Waals surface area (Å²) in [4.78, 5) is 26.3. The lowest BCUT2D eigenvalue weighted by molar-refractivity contribution is -0.123. The van der Waals surface area contributed by atoms with Crippen molar-refractivity contribution < 1.29 is 14.3 Å². The minimum Gasteiger partial charge on any atom is -0.497 e. The van der Waals surface area contributed by atoms with Gasteiger partial charge in [-0.05, 0) is 60.8 Å². The molecule has 0 spiro atoms. The molecule has 0 aliphatic carbocycles. The SMILES string of the molecule is COc1ccc(C(=O)NN2C(=O)/C(=C/c3cn(Cc4c(Cl)cccc4Cl)c4ccccc34)SC2=S)cc1. The summed E-state index contributed by atoms with van der Waals surface area (Å²) in [5.41, 5.74) is 5.59. The molecular weight excluding hydrogens is 549 g/mol. The average Bonchev–Trinajstić information content (AvgIpc) is 3.38. The van der Waals surface area contributed by atoms with Gasteiger partial charge in [0.1, 0.15) is 5.75 Å². The minimum atomic E-state index is -0.451. The van der Waals surface area contributed by atoms with Crippen LogP contribution >= 0.6 is 47.2 Å². The van der Waals surface area contributed by atoms with E-state index >= 15 is 0 Å². The van der Waals surface area contributed by atoms with Gasteiger partial charge in [0.05, 0.1) is 18.6 Å². The number of methoxy groups -OCH3 is 1. The van der Waals surface area contributed by atoms with Crippen LogP contribution in [0.25, 0.3) is 17.0 Å². The fourth-order valence-electron chi connectivity index (χ4n) is 3.99. The van der Waals surface area contributed by atoms with Gasteiger partial charge in [-0.2, -0.15) is 5.01 Å². The molecule has 6 nitrogen and oxygen atoms in total. The van der Waals surface area contributed by atoms with Crippen molar-refractivity contribution in [3.63, 3.8) is 0 Å². The van der Waals surface area contributed by atoms with Crippen LogP contribution in [0.15, 0.2) is 77.8 Å². The van der Waals surface area contributed by atoms with E-state index in [0.29, 0.717) is 32.8 Å². The highest BCUT2D eigenvalue weighted by Crippen LogP contribution is 2.34. The maximum absolute atomic E-state index is 13.2. The fourth-order valence-corrected chi connectivity index (χ4v) is 5.68. The van der Waals surface area contributed by atoms with E-state index in [-0.39, 0.29) is 4.32 Å². The topological polar surface area (TPSA) is 63.6 Å². The van der Waals surface area contributed by atoms with Crippen LogP contribution in [0.5, 0.6) is 5.75 Å². The van der Waals surface area contributed by atoms with Crippen molar-refractivity contribution in [2.24, 2.45) is 0 Å². The maximum Gasteiger partial charge on any atom is 0.285 e. The van der Waals surface area contributed by atoms with Crippen molar-refractivity contribution in [3.05, 3.63) is 105 Å². The summed E-state index contributed by atoms with van der Waals surface area (Å²) in [6, 6.07) is 19.9. The first-order valence-electron chi connectivity index (χ1n) is 11.1. The van der Waals surface area contributed by atoms with E-state index in [0.717, 1.165) is 38.8 Å². The van der Waals surface area contributed by atoms with E-state index < -0.39 is 11.8 Å². The van der Waals surface area contributed by atoms with Crippen molar-refractivity contribution >= 4 is 80.3 Å². The number of hydrogen-bond acceptors (Lipinski definition) is 5. The highest BCUT2D eigenvalue weighted by molar-refractivity contribution is 8.26. The Labute approximate surface area is 232 Å². The van der Waals surface area contributed by atoms with Gasteiger partial charge < -0.3 is 9.30 Å². The molecule has 0 radical (unpaired) electrons. The smallest absolute Gasteiger partial charge is 0.285 e. The third-order valence-corrected chi connectivity index (χ3v) is 7.87. The number of thioether (sulfide) groups is 1. The van der Waals surface area contributed by atoms with Gasteiger partial charge >= 0.3 is 0 Å². The Kier molecular flexibility index (Phi) is 7.26. The van der Waals surface area contributed by atoms with E-state index in [1.807, 2.05) is 41.1 Å². The van der Waals surface area contributed by atoms with Gasteiger partial charge in [-0.3, -0.25) is 15.0 Å². The number of halogens is 2. The molecule has 1 aliphatic heterocycles. The number of amides is 2. The van der Waals surface area contributed by atoms with Crippen LogP contribution in [0.2, 0.25) is 10.0 Å². The van der Waals surface area contributed by atoms with Gasteiger partial charge in [0.15, 0.2) is 4.32 Å². The normalized spacial score (nSPS) is 14.6. The van der Waals surface area contributed by atoms with Crippen molar-refractivity contribution in [2.75, 3.05) is 7.11 Å². The lowest BCUT2D eigenvalue weighted by Gasteiger charge is -2.15. The molecule has 5 rings (SSSR count). The zero-order valence-corrected chi connectivity index (χ0v) is 22.5. The molecule has 1 aliphatic rings. The Hall–Kier alpha value is -3.30. The van der Waals surface area contributed by atoms with E-state index in [1.165, 1.54) is 0 Å². The minimum absolute atomic E-state index is 0.240. The second-order valence-corrected chi connectivity index (χ2v) is 10.6. The number of carbonyl (C=O) groups excluding carboxylic acids is 2. The molecule has 0 saturated carbocycles. The number of hydrogen-bond donors (Lipinski definition) is 1. The first kappa shape index (κ1) is 25.4. The van der Waals surface area contributed by atoms with Crippen molar-refractivity contribution in [1.29, 1.82) is 0 Å². The Morgan fingerprint density at radius 2 is 1.76 bits per heavy atom. The lowest BCUT2D eigenvalue weighted by atomic mass is 10.1. The number of nitrogens with zero attached hydrogens (tertiary/aromatic N) is 2. The van der Waals surface area contributed by atoms with E-state index in [9.17, 15) is 9.59 Å². The van der Waals surface area contributed by atoms with Gasteiger partial charge in [-0.15, -0.1) is 0 Å². The predicted molar refractivity (Wildman–Crippen MR) is 153 cm³/mol. The molecule has 186 valence electrons. The molecule has 1 N–H and O–H groups in total. The molecule has 2 heterocycles. The monoisotopic (exact) mass is 567 g/mol. The zero-order chi connectivity index (χ0) is 26.1. The summed E-state index contributed by atoms with van der Waals surface area (Å²) in [5, 5.41) is 3.22. The highest BCUT2D eigenvalue weighted by atomic mass is 35.5. The van der Waals surface area contributed by atoms with Gasteiger partial charge in [0, 0.05) is 43.8 Å². The summed E-state index contributed by atoms with van der Waals surface area (Å²) in [6.07, 6.45) is 3.73. The van der Waals surface area contributed by atoms with Crippen molar-refractivity contribution in [2.45, 2.75) is 6.54 Å². The van der Waals surface area contributed by atoms with Crippen LogP contribution in [0.4, 0.5) is 0 Å². The molecule has 2 amide bonds. The van der Waals surface area contributed by atoms with Crippen LogP contribution in [0.1, 0.15) is 21.5 Å². The molecule has 0 atom stereocenters. The van der Waals surface area contributed by atoms with Crippen LogP contribution in [0, 0.1) is 0 Å². The van der Waals surface area contributed by atoms with E-state index in [1.54, 1.807) is 49.6 Å². The molecule has 1 fully saturated rings. The molecule has 10 heteroatoms. The number of rotatable bonds is 6. The third kappa shape index (κ3) is 5.10. The second kappa shape index (κ2) is 10.6. The van der Waals surface area contributed by atoms with Gasteiger partial charge in [-0.25, -0.2) is 0 Å². The summed E-state index contributed by atoms with van der Waals surface area (Å²) in [6.45, 7) is 0.464. The molecular formula is C27H19Cl2N3O3S2.